The predicted octanol–water partition coefficient (Wildman–Crippen LogP) is 1.42. The molecule has 8 nitrogen and oxygen atoms in total. The van der Waals surface area contributed by atoms with Crippen LogP contribution in [0.3, 0.4) is 0 Å². The van der Waals surface area contributed by atoms with Crippen LogP contribution in [0.25, 0.3) is 0 Å². The molecule has 0 spiro atoms. The Labute approximate surface area is 175 Å². The summed E-state index contributed by atoms with van der Waals surface area (Å²) in [6, 6.07) is 5.03. The second-order valence-corrected chi connectivity index (χ2v) is 8.65. The number of rotatable bonds is 3. The van der Waals surface area contributed by atoms with Crippen molar-refractivity contribution in [3.8, 4) is 0 Å². The highest BCUT2D eigenvalue weighted by molar-refractivity contribution is 5.94. The Morgan fingerprint density at radius 1 is 1.20 bits per heavy atom. The van der Waals surface area contributed by atoms with Gasteiger partial charge in [0.05, 0.1) is 30.0 Å². The van der Waals surface area contributed by atoms with E-state index in [0.29, 0.717) is 11.7 Å². The number of nitrogens with zero attached hydrogens (tertiary/aromatic N) is 4. The topological polar surface area (TPSA) is 77.5 Å². The SMILES string of the molecule is Cc1cccc(F)c1N1NC2C(CC1=O)NNC2c1cnn(C2CCN(C)CC2)c1. The van der Waals surface area contributed by atoms with Gasteiger partial charge in [-0.25, -0.2) is 20.3 Å². The second-order valence-electron chi connectivity index (χ2n) is 8.65. The number of hydrogen-bond donors (Lipinski definition) is 3. The van der Waals surface area contributed by atoms with Gasteiger partial charge < -0.3 is 4.90 Å². The maximum absolute atomic E-state index is 14.5. The zero-order valence-electron chi connectivity index (χ0n) is 17.3. The summed E-state index contributed by atoms with van der Waals surface area (Å²) < 4.78 is 16.6. The molecular formula is C21H28FN7O. The minimum absolute atomic E-state index is 0.0716. The van der Waals surface area contributed by atoms with Gasteiger partial charge >= 0.3 is 0 Å². The molecule has 3 fully saturated rings. The van der Waals surface area contributed by atoms with Crippen LogP contribution in [-0.2, 0) is 4.79 Å². The summed E-state index contributed by atoms with van der Waals surface area (Å²) in [5.41, 5.74) is 11.9. The van der Waals surface area contributed by atoms with E-state index in [-0.39, 0.29) is 30.5 Å². The minimum atomic E-state index is -0.403. The number of hydrazine groups is 2. The molecule has 2 aromatic rings. The van der Waals surface area contributed by atoms with E-state index in [1.807, 2.05) is 19.2 Å². The van der Waals surface area contributed by atoms with Gasteiger partial charge in [-0.1, -0.05) is 12.1 Å². The number of hydrogen-bond acceptors (Lipinski definition) is 6. The normalized spacial score (nSPS) is 28.2. The summed E-state index contributed by atoms with van der Waals surface area (Å²) in [6.45, 7) is 3.97. The summed E-state index contributed by atoms with van der Waals surface area (Å²) in [6.07, 6.45) is 6.48. The smallest absolute Gasteiger partial charge is 0.243 e. The number of piperidine rings is 1. The Kier molecular flexibility index (Phi) is 5.06. The number of amides is 1. The Balaban J connectivity index is 1.37. The van der Waals surface area contributed by atoms with E-state index in [1.165, 1.54) is 11.1 Å². The number of carbonyl (C=O) groups is 1. The lowest BCUT2D eigenvalue weighted by molar-refractivity contribution is -0.121. The first kappa shape index (κ1) is 19.6. The van der Waals surface area contributed by atoms with Crippen LogP contribution in [0.15, 0.2) is 30.6 Å². The van der Waals surface area contributed by atoms with Crippen LogP contribution < -0.4 is 21.3 Å². The number of para-hydroxylation sites is 1. The third-order valence-corrected chi connectivity index (χ3v) is 6.59. The molecule has 3 aliphatic heterocycles. The summed E-state index contributed by atoms with van der Waals surface area (Å²) in [5.74, 6) is -0.554. The van der Waals surface area contributed by atoms with E-state index >= 15 is 0 Å². The van der Waals surface area contributed by atoms with Crippen LogP contribution in [0.2, 0.25) is 0 Å². The Bertz CT molecular complexity index is 919. The summed E-state index contributed by atoms with van der Waals surface area (Å²) in [4.78, 5) is 15.1. The van der Waals surface area contributed by atoms with E-state index in [2.05, 4.69) is 44.2 Å². The highest BCUT2D eigenvalue weighted by Gasteiger charge is 2.45. The average Bonchev–Trinajstić information content (AvgIpc) is 3.35. The number of likely N-dealkylation sites (tertiary alicyclic amines) is 1. The molecular weight excluding hydrogens is 385 g/mol. The first-order valence-electron chi connectivity index (χ1n) is 10.6. The molecule has 9 heteroatoms. The van der Waals surface area contributed by atoms with Gasteiger partial charge in [0.15, 0.2) is 0 Å². The maximum Gasteiger partial charge on any atom is 0.243 e. The first-order valence-corrected chi connectivity index (χ1v) is 10.6. The maximum atomic E-state index is 14.5. The van der Waals surface area contributed by atoms with E-state index in [0.717, 1.165) is 37.1 Å². The zero-order chi connectivity index (χ0) is 20.8. The molecule has 5 rings (SSSR count). The molecule has 3 unspecified atom stereocenters. The van der Waals surface area contributed by atoms with E-state index < -0.39 is 5.82 Å². The molecule has 0 saturated carbocycles. The summed E-state index contributed by atoms with van der Waals surface area (Å²) in [5, 5.41) is 6.01. The minimum Gasteiger partial charge on any atom is -0.306 e. The lowest BCUT2D eigenvalue weighted by Gasteiger charge is -2.37. The van der Waals surface area contributed by atoms with Gasteiger partial charge in [-0.05, 0) is 51.5 Å². The van der Waals surface area contributed by atoms with Gasteiger partial charge in [0.1, 0.15) is 5.82 Å². The lowest BCUT2D eigenvalue weighted by atomic mass is 9.95. The Morgan fingerprint density at radius 2 is 2.00 bits per heavy atom. The fourth-order valence-electron chi connectivity index (χ4n) is 4.81. The summed E-state index contributed by atoms with van der Waals surface area (Å²) >= 11 is 0. The van der Waals surface area contributed by atoms with E-state index in [4.69, 9.17) is 0 Å². The summed E-state index contributed by atoms with van der Waals surface area (Å²) in [7, 11) is 2.15. The van der Waals surface area contributed by atoms with Crippen LogP contribution in [-0.4, -0.2) is 52.8 Å². The number of halogens is 1. The predicted molar refractivity (Wildman–Crippen MR) is 111 cm³/mol. The Hall–Kier alpha value is -2.33. The molecule has 3 atom stereocenters. The van der Waals surface area contributed by atoms with Crippen LogP contribution in [0.4, 0.5) is 10.1 Å². The molecule has 160 valence electrons. The number of aromatic nitrogens is 2. The van der Waals surface area contributed by atoms with Gasteiger partial charge in [0.2, 0.25) is 5.91 Å². The Morgan fingerprint density at radius 3 is 2.77 bits per heavy atom. The van der Waals surface area contributed by atoms with Gasteiger partial charge in [-0.3, -0.25) is 14.9 Å². The number of nitrogens with one attached hydrogen (secondary N) is 3. The van der Waals surface area contributed by atoms with Crippen LogP contribution in [0.5, 0.6) is 0 Å². The molecule has 0 bridgehead atoms. The van der Waals surface area contributed by atoms with Crippen molar-refractivity contribution in [1.82, 2.24) is 31.0 Å². The fraction of sp³-hybridized carbons (Fsp3) is 0.524. The molecule has 3 aliphatic rings. The van der Waals surface area contributed by atoms with Crippen LogP contribution in [0, 0.1) is 12.7 Å². The monoisotopic (exact) mass is 413 g/mol. The standard InChI is InChI=1S/C21H28FN7O/c1-13-4-3-5-16(22)21(13)29-18(30)10-17-20(26-29)19(25-24-17)14-11-23-28(12-14)15-6-8-27(2)9-7-15/h3-5,11-12,15,17,19-20,24-26H,6-10H2,1-2H3. The van der Waals surface area contributed by atoms with Gasteiger partial charge in [-0.15, -0.1) is 0 Å². The highest BCUT2D eigenvalue weighted by Crippen LogP contribution is 2.32. The average molecular weight is 414 g/mol. The van der Waals surface area contributed by atoms with Crippen molar-refractivity contribution in [1.29, 1.82) is 0 Å². The fourth-order valence-corrected chi connectivity index (χ4v) is 4.81. The van der Waals surface area contributed by atoms with Crippen LogP contribution in [0.1, 0.15) is 42.5 Å². The molecule has 30 heavy (non-hydrogen) atoms. The van der Waals surface area contributed by atoms with Gasteiger partial charge in [0.25, 0.3) is 0 Å². The van der Waals surface area contributed by atoms with E-state index in [9.17, 15) is 9.18 Å². The number of aryl methyl sites for hydroxylation is 1. The molecule has 3 saturated heterocycles. The van der Waals surface area contributed by atoms with Crippen molar-refractivity contribution in [2.75, 3.05) is 25.1 Å². The third kappa shape index (κ3) is 3.41. The van der Waals surface area contributed by atoms with Gasteiger partial charge in [-0.2, -0.15) is 5.10 Å². The molecule has 1 aromatic carbocycles. The largest absolute Gasteiger partial charge is 0.306 e. The third-order valence-electron chi connectivity index (χ3n) is 6.59. The van der Waals surface area contributed by atoms with Crippen molar-refractivity contribution < 1.29 is 9.18 Å². The van der Waals surface area contributed by atoms with Crippen molar-refractivity contribution in [3.05, 3.63) is 47.5 Å². The molecule has 3 N–H and O–H groups in total. The molecule has 0 aliphatic carbocycles. The van der Waals surface area contributed by atoms with Crippen LogP contribution >= 0.6 is 0 Å². The molecule has 1 amide bonds. The first-order chi connectivity index (χ1) is 14.5. The number of fused-ring (bicyclic) bond motifs is 1. The number of benzene rings is 1. The van der Waals surface area contributed by atoms with Crippen molar-refractivity contribution in [2.24, 2.45) is 0 Å². The molecule has 1 aromatic heterocycles. The number of anilines is 1. The second kappa shape index (κ2) is 7.73. The van der Waals surface area contributed by atoms with Gasteiger partial charge in [0, 0.05) is 24.2 Å². The number of carbonyl (C=O) groups excluding carboxylic acids is 1. The lowest BCUT2D eigenvalue weighted by Crippen LogP contribution is -2.60. The highest BCUT2D eigenvalue weighted by atomic mass is 19.1. The molecule has 4 heterocycles. The van der Waals surface area contributed by atoms with Crippen molar-refractivity contribution >= 4 is 11.6 Å². The molecule has 0 radical (unpaired) electrons. The zero-order valence-corrected chi connectivity index (χ0v) is 17.3. The van der Waals surface area contributed by atoms with Crippen molar-refractivity contribution in [3.63, 3.8) is 0 Å². The quantitative estimate of drug-likeness (QED) is 0.707. The van der Waals surface area contributed by atoms with E-state index in [1.54, 1.807) is 6.07 Å². The van der Waals surface area contributed by atoms with Crippen molar-refractivity contribution in [2.45, 2.75) is 50.4 Å².